The van der Waals surface area contributed by atoms with Crippen LogP contribution in [0.2, 0.25) is 0 Å². The molecule has 124 valence electrons. The van der Waals surface area contributed by atoms with E-state index in [0.29, 0.717) is 13.2 Å². The first kappa shape index (κ1) is 19.9. The standard InChI is InChI=1S/C17H32O4/c1-5-9-10-11-13-14(12-6-2)15(16(18)20-7-3)17(19)21-8-4/h14-15H,5-13H2,1-4H3. The summed E-state index contributed by atoms with van der Waals surface area (Å²) in [7, 11) is 0. The number of carbonyl (C=O) groups excluding carboxylic acids is 2. The Bertz CT molecular complexity index is 271. The molecule has 0 saturated heterocycles. The molecule has 1 atom stereocenters. The SMILES string of the molecule is CCCCCCC(CCC)C(C(=O)OCC)C(=O)OCC. The lowest BCUT2D eigenvalue weighted by atomic mass is 9.84. The monoisotopic (exact) mass is 300 g/mol. The van der Waals surface area contributed by atoms with Gasteiger partial charge in [-0.3, -0.25) is 9.59 Å². The van der Waals surface area contributed by atoms with Gasteiger partial charge in [-0.05, 0) is 32.6 Å². The molecule has 0 amide bonds. The Morgan fingerprint density at radius 3 is 1.76 bits per heavy atom. The Kier molecular flexibility index (Phi) is 12.0. The second kappa shape index (κ2) is 12.7. The van der Waals surface area contributed by atoms with Crippen molar-refractivity contribution in [1.82, 2.24) is 0 Å². The van der Waals surface area contributed by atoms with Crippen molar-refractivity contribution in [3.63, 3.8) is 0 Å². The first-order valence-corrected chi connectivity index (χ1v) is 8.45. The molecule has 0 bridgehead atoms. The van der Waals surface area contributed by atoms with Gasteiger partial charge in [-0.15, -0.1) is 0 Å². The van der Waals surface area contributed by atoms with Gasteiger partial charge in [0.25, 0.3) is 0 Å². The summed E-state index contributed by atoms with van der Waals surface area (Å²) in [5, 5.41) is 0. The molecule has 4 nitrogen and oxygen atoms in total. The van der Waals surface area contributed by atoms with Crippen LogP contribution in [0, 0.1) is 11.8 Å². The minimum absolute atomic E-state index is 0.0324. The van der Waals surface area contributed by atoms with E-state index in [1.807, 2.05) is 0 Å². The molecule has 1 unspecified atom stereocenters. The van der Waals surface area contributed by atoms with Crippen LogP contribution >= 0.6 is 0 Å². The van der Waals surface area contributed by atoms with Crippen LogP contribution in [0.25, 0.3) is 0 Å². The normalized spacial score (nSPS) is 12.2. The Labute approximate surface area is 129 Å². The van der Waals surface area contributed by atoms with E-state index in [0.717, 1.165) is 32.1 Å². The molecular formula is C17H32O4. The van der Waals surface area contributed by atoms with E-state index in [2.05, 4.69) is 13.8 Å². The van der Waals surface area contributed by atoms with Crippen molar-refractivity contribution in [1.29, 1.82) is 0 Å². The molecule has 0 aliphatic heterocycles. The first-order chi connectivity index (χ1) is 10.1. The van der Waals surface area contributed by atoms with Gasteiger partial charge in [-0.1, -0.05) is 46.0 Å². The molecule has 0 N–H and O–H groups in total. The highest BCUT2D eigenvalue weighted by Gasteiger charge is 2.36. The average molecular weight is 300 g/mol. The summed E-state index contributed by atoms with van der Waals surface area (Å²) in [6.45, 7) is 8.36. The van der Waals surface area contributed by atoms with Crippen molar-refractivity contribution in [3.05, 3.63) is 0 Å². The molecule has 0 aliphatic carbocycles. The van der Waals surface area contributed by atoms with E-state index >= 15 is 0 Å². The molecule has 0 fully saturated rings. The maximum atomic E-state index is 12.1. The van der Waals surface area contributed by atoms with Crippen molar-refractivity contribution in [2.45, 2.75) is 72.6 Å². The van der Waals surface area contributed by atoms with Gasteiger partial charge in [0.15, 0.2) is 5.92 Å². The van der Waals surface area contributed by atoms with Gasteiger partial charge in [0.05, 0.1) is 13.2 Å². The molecule has 0 aromatic rings. The number of unbranched alkanes of at least 4 members (excludes halogenated alkanes) is 3. The van der Waals surface area contributed by atoms with Gasteiger partial charge in [0.1, 0.15) is 0 Å². The minimum Gasteiger partial charge on any atom is -0.465 e. The van der Waals surface area contributed by atoms with Crippen LogP contribution in [-0.2, 0) is 19.1 Å². The zero-order chi connectivity index (χ0) is 16.1. The summed E-state index contributed by atoms with van der Waals surface area (Å²) in [6, 6.07) is 0. The van der Waals surface area contributed by atoms with Gasteiger partial charge in [0.2, 0.25) is 0 Å². The highest BCUT2D eigenvalue weighted by Crippen LogP contribution is 2.27. The fourth-order valence-electron chi connectivity index (χ4n) is 2.63. The molecule has 0 aromatic carbocycles. The van der Waals surface area contributed by atoms with E-state index < -0.39 is 17.9 Å². The number of hydrogen-bond acceptors (Lipinski definition) is 4. The summed E-state index contributed by atoms with van der Waals surface area (Å²) in [5.41, 5.74) is 0. The lowest BCUT2D eigenvalue weighted by Crippen LogP contribution is -2.34. The molecular weight excluding hydrogens is 268 g/mol. The fourth-order valence-corrected chi connectivity index (χ4v) is 2.63. The number of rotatable bonds is 12. The maximum Gasteiger partial charge on any atom is 0.320 e. The lowest BCUT2D eigenvalue weighted by molar-refractivity contribution is -0.164. The summed E-state index contributed by atoms with van der Waals surface area (Å²) in [6.07, 6.45) is 7.27. The largest absolute Gasteiger partial charge is 0.465 e. The molecule has 0 rings (SSSR count). The van der Waals surface area contributed by atoms with Gasteiger partial charge >= 0.3 is 11.9 Å². The zero-order valence-electron chi connectivity index (χ0n) is 14.2. The minimum atomic E-state index is -0.758. The average Bonchev–Trinajstić information content (AvgIpc) is 2.44. The summed E-state index contributed by atoms with van der Waals surface area (Å²) < 4.78 is 10.2. The van der Waals surface area contributed by atoms with Crippen LogP contribution in [0.3, 0.4) is 0 Å². The summed E-state index contributed by atoms with van der Waals surface area (Å²) >= 11 is 0. The Morgan fingerprint density at radius 1 is 0.762 bits per heavy atom. The summed E-state index contributed by atoms with van der Waals surface area (Å²) in [4.78, 5) is 24.3. The molecule has 0 heterocycles. The first-order valence-electron chi connectivity index (χ1n) is 8.45. The second-order valence-electron chi connectivity index (χ2n) is 5.38. The van der Waals surface area contributed by atoms with Crippen LogP contribution in [-0.4, -0.2) is 25.2 Å². The van der Waals surface area contributed by atoms with Crippen LogP contribution in [0.1, 0.15) is 72.6 Å². The summed E-state index contributed by atoms with van der Waals surface area (Å²) in [5.74, 6) is -1.58. The fraction of sp³-hybridized carbons (Fsp3) is 0.882. The second-order valence-corrected chi connectivity index (χ2v) is 5.38. The molecule has 0 radical (unpaired) electrons. The molecule has 0 aliphatic rings. The van der Waals surface area contributed by atoms with Crippen LogP contribution < -0.4 is 0 Å². The number of esters is 2. The smallest absolute Gasteiger partial charge is 0.320 e. The predicted molar refractivity (Wildman–Crippen MR) is 83.9 cm³/mol. The third-order valence-corrected chi connectivity index (χ3v) is 3.64. The van der Waals surface area contributed by atoms with Gasteiger partial charge in [-0.25, -0.2) is 0 Å². The van der Waals surface area contributed by atoms with Crippen molar-refractivity contribution in [3.8, 4) is 0 Å². The Morgan fingerprint density at radius 2 is 1.33 bits per heavy atom. The molecule has 0 spiro atoms. The van der Waals surface area contributed by atoms with Crippen LogP contribution in [0.5, 0.6) is 0 Å². The molecule has 4 heteroatoms. The van der Waals surface area contributed by atoms with Gasteiger partial charge in [-0.2, -0.15) is 0 Å². The third kappa shape index (κ3) is 8.08. The van der Waals surface area contributed by atoms with E-state index in [1.54, 1.807) is 13.8 Å². The van der Waals surface area contributed by atoms with E-state index in [-0.39, 0.29) is 5.92 Å². The van der Waals surface area contributed by atoms with E-state index in [4.69, 9.17) is 9.47 Å². The van der Waals surface area contributed by atoms with Crippen molar-refractivity contribution >= 4 is 11.9 Å². The molecule has 0 aromatic heterocycles. The van der Waals surface area contributed by atoms with Crippen molar-refractivity contribution in [2.75, 3.05) is 13.2 Å². The van der Waals surface area contributed by atoms with Crippen LogP contribution in [0.4, 0.5) is 0 Å². The van der Waals surface area contributed by atoms with Crippen LogP contribution in [0.15, 0.2) is 0 Å². The van der Waals surface area contributed by atoms with Gasteiger partial charge < -0.3 is 9.47 Å². The zero-order valence-corrected chi connectivity index (χ0v) is 14.2. The van der Waals surface area contributed by atoms with E-state index in [9.17, 15) is 9.59 Å². The predicted octanol–water partition coefficient (Wildman–Crippen LogP) is 4.12. The highest BCUT2D eigenvalue weighted by molar-refractivity contribution is 5.95. The number of ether oxygens (including phenoxy) is 2. The number of hydrogen-bond donors (Lipinski definition) is 0. The third-order valence-electron chi connectivity index (χ3n) is 3.64. The van der Waals surface area contributed by atoms with Gasteiger partial charge in [0, 0.05) is 0 Å². The maximum absolute atomic E-state index is 12.1. The van der Waals surface area contributed by atoms with Crippen molar-refractivity contribution in [2.24, 2.45) is 11.8 Å². The molecule has 21 heavy (non-hydrogen) atoms. The number of carbonyl (C=O) groups is 2. The highest BCUT2D eigenvalue weighted by atomic mass is 16.6. The Balaban J connectivity index is 4.81. The van der Waals surface area contributed by atoms with E-state index in [1.165, 1.54) is 12.8 Å². The quantitative estimate of drug-likeness (QED) is 0.309. The lowest BCUT2D eigenvalue weighted by Gasteiger charge is -2.24. The Hall–Kier alpha value is -1.06. The molecule has 0 saturated carbocycles. The topological polar surface area (TPSA) is 52.6 Å². The van der Waals surface area contributed by atoms with Crippen molar-refractivity contribution < 1.29 is 19.1 Å².